The topological polar surface area (TPSA) is 116 Å². The standard InChI is InChI=1S/C26H42O8/c1-18-17-21(26(31)33-18)15-13-11-9-7-5-6-8-10-12-14-16-22(24(28)29)23(34-20(3)27)19(2)25(30)32-4/h17-19,22-23H,5-16H2,1-4H3,(H,28,29)/t18?,19-,22+,23+/m1/s1. The first-order chi connectivity index (χ1) is 16.2. The summed E-state index contributed by atoms with van der Waals surface area (Å²) in [5.74, 6) is -4.23. The van der Waals surface area contributed by atoms with Gasteiger partial charge in [0.15, 0.2) is 0 Å². The fourth-order valence-corrected chi connectivity index (χ4v) is 4.38. The minimum Gasteiger partial charge on any atom is -0.481 e. The van der Waals surface area contributed by atoms with Gasteiger partial charge in [-0.25, -0.2) is 4.79 Å². The third kappa shape index (κ3) is 11.2. The Labute approximate surface area is 203 Å². The first kappa shape index (κ1) is 29.7. The molecule has 0 fully saturated rings. The quantitative estimate of drug-likeness (QED) is 0.165. The van der Waals surface area contributed by atoms with Crippen molar-refractivity contribution in [1.82, 2.24) is 0 Å². The van der Waals surface area contributed by atoms with Gasteiger partial charge in [0.2, 0.25) is 0 Å². The highest BCUT2D eigenvalue weighted by atomic mass is 16.6. The summed E-state index contributed by atoms with van der Waals surface area (Å²) in [5.41, 5.74) is 0.816. The van der Waals surface area contributed by atoms with Crippen molar-refractivity contribution in [2.75, 3.05) is 7.11 Å². The van der Waals surface area contributed by atoms with Crippen LogP contribution in [-0.4, -0.2) is 48.3 Å². The maximum absolute atomic E-state index is 11.9. The van der Waals surface area contributed by atoms with Crippen LogP contribution in [0.2, 0.25) is 0 Å². The normalized spacial score (nSPS) is 17.9. The lowest BCUT2D eigenvalue weighted by Gasteiger charge is -2.27. The van der Waals surface area contributed by atoms with E-state index in [9.17, 15) is 24.3 Å². The van der Waals surface area contributed by atoms with E-state index in [0.29, 0.717) is 12.8 Å². The molecule has 0 amide bonds. The SMILES string of the molecule is COC(=O)[C@H](C)[C@H](OC(C)=O)[C@H](CCCCCCCCCCCCC1=CC(C)OC1=O)C(=O)O. The van der Waals surface area contributed by atoms with Crippen molar-refractivity contribution in [3.05, 3.63) is 11.6 Å². The maximum atomic E-state index is 11.9. The van der Waals surface area contributed by atoms with Crippen molar-refractivity contribution in [3.63, 3.8) is 0 Å². The third-order valence-electron chi connectivity index (χ3n) is 6.28. The summed E-state index contributed by atoms with van der Waals surface area (Å²) in [6.07, 6.45) is 12.4. The van der Waals surface area contributed by atoms with Crippen LogP contribution >= 0.6 is 0 Å². The van der Waals surface area contributed by atoms with Crippen molar-refractivity contribution in [3.8, 4) is 0 Å². The van der Waals surface area contributed by atoms with Crippen LogP contribution < -0.4 is 0 Å². The number of carbonyl (C=O) groups excluding carboxylic acids is 3. The molecule has 34 heavy (non-hydrogen) atoms. The van der Waals surface area contributed by atoms with Gasteiger partial charge in [0.1, 0.15) is 12.2 Å². The van der Waals surface area contributed by atoms with Crippen LogP contribution in [0.5, 0.6) is 0 Å². The van der Waals surface area contributed by atoms with Crippen molar-refractivity contribution in [1.29, 1.82) is 0 Å². The van der Waals surface area contributed by atoms with Crippen LogP contribution in [0.3, 0.4) is 0 Å². The molecule has 8 nitrogen and oxygen atoms in total. The average Bonchev–Trinajstić information content (AvgIpc) is 3.10. The number of carboxylic acids is 1. The number of methoxy groups -OCH3 is 1. The van der Waals surface area contributed by atoms with E-state index in [1.54, 1.807) is 0 Å². The zero-order valence-corrected chi connectivity index (χ0v) is 21.2. The van der Waals surface area contributed by atoms with E-state index in [1.807, 2.05) is 13.0 Å². The summed E-state index contributed by atoms with van der Waals surface area (Å²) < 4.78 is 15.0. The second-order valence-corrected chi connectivity index (χ2v) is 9.21. The number of esters is 3. The molecular formula is C26H42O8. The molecule has 0 aromatic rings. The van der Waals surface area contributed by atoms with Gasteiger partial charge in [-0.05, 0) is 39.2 Å². The molecule has 1 N–H and O–H groups in total. The minimum absolute atomic E-state index is 0.0868. The number of cyclic esters (lactones) is 1. The molecule has 1 aliphatic rings. The second kappa shape index (κ2) is 16.3. The minimum atomic E-state index is -1.07. The number of carboxylic acid groups (broad SMARTS) is 1. The third-order valence-corrected chi connectivity index (χ3v) is 6.28. The Morgan fingerprint density at radius 1 is 1.00 bits per heavy atom. The average molecular weight is 483 g/mol. The molecule has 0 saturated heterocycles. The van der Waals surface area contributed by atoms with E-state index >= 15 is 0 Å². The fraction of sp³-hybridized carbons (Fsp3) is 0.769. The molecule has 8 heteroatoms. The van der Waals surface area contributed by atoms with Crippen molar-refractivity contribution in [2.24, 2.45) is 11.8 Å². The summed E-state index contributed by atoms with van der Waals surface area (Å²) in [4.78, 5) is 46.7. The highest BCUT2D eigenvalue weighted by Gasteiger charge is 2.38. The van der Waals surface area contributed by atoms with E-state index in [1.165, 1.54) is 33.8 Å². The Morgan fingerprint density at radius 3 is 1.97 bits per heavy atom. The smallest absolute Gasteiger partial charge is 0.334 e. The van der Waals surface area contributed by atoms with Gasteiger partial charge in [-0.1, -0.05) is 57.8 Å². The van der Waals surface area contributed by atoms with Gasteiger partial charge in [-0.2, -0.15) is 0 Å². The second-order valence-electron chi connectivity index (χ2n) is 9.21. The molecule has 194 valence electrons. The van der Waals surface area contributed by atoms with E-state index in [0.717, 1.165) is 56.9 Å². The Balaban J connectivity index is 2.18. The molecule has 1 heterocycles. The number of rotatable bonds is 18. The molecule has 4 atom stereocenters. The molecule has 0 saturated carbocycles. The summed E-state index contributed by atoms with van der Waals surface area (Å²) in [6.45, 7) is 4.61. The number of unbranched alkanes of at least 4 members (excludes halogenated alkanes) is 9. The molecule has 0 aliphatic carbocycles. The van der Waals surface area contributed by atoms with Gasteiger partial charge in [0, 0.05) is 12.5 Å². The number of ether oxygens (including phenoxy) is 3. The molecule has 0 aromatic heterocycles. The van der Waals surface area contributed by atoms with Gasteiger partial charge in [0.05, 0.1) is 18.9 Å². The van der Waals surface area contributed by atoms with Crippen LogP contribution in [-0.2, 0) is 33.4 Å². The van der Waals surface area contributed by atoms with Crippen LogP contribution in [0.4, 0.5) is 0 Å². The van der Waals surface area contributed by atoms with Crippen LogP contribution in [0.15, 0.2) is 11.6 Å². The van der Waals surface area contributed by atoms with E-state index < -0.39 is 35.8 Å². The molecule has 0 spiro atoms. The van der Waals surface area contributed by atoms with Gasteiger partial charge >= 0.3 is 23.9 Å². The van der Waals surface area contributed by atoms with Crippen molar-refractivity contribution in [2.45, 2.75) is 110 Å². The number of hydrogen-bond donors (Lipinski definition) is 1. The summed E-state index contributed by atoms with van der Waals surface area (Å²) in [7, 11) is 1.23. The van der Waals surface area contributed by atoms with Crippen molar-refractivity contribution < 1.29 is 38.5 Å². The Bertz CT molecular complexity index is 699. The zero-order valence-electron chi connectivity index (χ0n) is 21.2. The van der Waals surface area contributed by atoms with Crippen LogP contribution in [0, 0.1) is 11.8 Å². The predicted octanol–water partition coefficient (Wildman–Crippen LogP) is 4.98. The van der Waals surface area contributed by atoms with Gasteiger partial charge in [-0.15, -0.1) is 0 Å². The molecule has 1 unspecified atom stereocenters. The van der Waals surface area contributed by atoms with Gasteiger partial charge < -0.3 is 19.3 Å². The van der Waals surface area contributed by atoms with Crippen molar-refractivity contribution >= 4 is 23.9 Å². The van der Waals surface area contributed by atoms with Gasteiger partial charge in [-0.3, -0.25) is 14.4 Å². The number of aliphatic carboxylic acids is 1. The Hall–Kier alpha value is -2.38. The number of carbonyl (C=O) groups is 4. The molecule has 0 radical (unpaired) electrons. The fourth-order valence-electron chi connectivity index (χ4n) is 4.38. The lowest BCUT2D eigenvalue weighted by molar-refractivity contribution is -0.167. The Morgan fingerprint density at radius 2 is 1.53 bits per heavy atom. The monoisotopic (exact) mass is 482 g/mol. The first-order valence-corrected chi connectivity index (χ1v) is 12.6. The summed E-state index contributed by atoms with van der Waals surface area (Å²) in [6, 6.07) is 0. The molecule has 0 bridgehead atoms. The highest BCUT2D eigenvalue weighted by molar-refractivity contribution is 5.90. The van der Waals surface area contributed by atoms with Gasteiger partial charge in [0.25, 0.3) is 0 Å². The summed E-state index contributed by atoms with van der Waals surface area (Å²) in [5, 5.41) is 9.64. The van der Waals surface area contributed by atoms with Crippen LogP contribution in [0.1, 0.15) is 97.8 Å². The molecule has 0 aromatic carbocycles. The first-order valence-electron chi connectivity index (χ1n) is 12.6. The van der Waals surface area contributed by atoms with Crippen LogP contribution in [0.25, 0.3) is 0 Å². The summed E-state index contributed by atoms with van der Waals surface area (Å²) >= 11 is 0. The molecular weight excluding hydrogens is 440 g/mol. The largest absolute Gasteiger partial charge is 0.481 e. The highest BCUT2D eigenvalue weighted by Crippen LogP contribution is 2.25. The Kier molecular flexibility index (Phi) is 14.2. The molecule has 1 rings (SSSR count). The van der Waals surface area contributed by atoms with E-state index in [-0.39, 0.29) is 12.1 Å². The maximum Gasteiger partial charge on any atom is 0.334 e. The lowest BCUT2D eigenvalue weighted by Crippen LogP contribution is -2.40. The van der Waals surface area contributed by atoms with E-state index in [4.69, 9.17) is 14.2 Å². The predicted molar refractivity (Wildman–Crippen MR) is 127 cm³/mol. The molecule has 1 aliphatic heterocycles. The van der Waals surface area contributed by atoms with E-state index in [2.05, 4.69) is 0 Å². The zero-order chi connectivity index (χ0) is 25.5. The number of hydrogen-bond acceptors (Lipinski definition) is 7. The lowest BCUT2D eigenvalue weighted by atomic mass is 9.87.